The zero-order chi connectivity index (χ0) is 25.0. The molecule has 0 radical (unpaired) electrons. The molecule has 1 saturated carbocycles. The molecule has 0 amide bonds. The van der Waals surface area contributed by atoms with E-state index >= 15 is 0 Å². The number of likely N-dealkylation sites (N-methyl/N-ethyl adjacent to an activating group) is 1. The molecule has 2 unspecified atom stereocenters. The molecule has 1 heterocycles. The second-order valence-corrected chi connectivity index (χ2v) is 10.6. The standard InChI is InChI=1S/C31H46N2.CH4S/c1-4-33(24-23-32-21-13-6-14-22-32)30-20-12-11-19-29(30)26(3)31(27-16-7-5-8-17-27)28-18-10-9-15-25(28)2;1-2/h9-12,15,18-20,27,29-30H,4-8,13-14,16-17,21-24H2,1-3H3;2H,1H3/b31-26+;. The van der Waals surface area contributed by atoms with Gasteiger partial charge in [-0.15, -0.1) is 0 Å². The van der Waals surface area contributed by atoms with Gasteiger partial charge in [-0.05, 0) is 88.0 Å². The molecule has 2 nitrogen and oxygen atoms in total. The second kappa shape index (κ2) is 15.1. The number of piperidine rings is 1. The minimum absolute atomic E-state index is 0.465. The highest BCUT2D eigenvalue weighted by Gasteiger charge is 2.30. The van der Waals surface area contributed by atoms with Crippen molar-refractivity contribution in [3.63, 3.8) is 0 Å². The molecule has 1 saturated heterocycles. The molecule has 2 fully saturated rings. The lowest BCUT2D eigenvalue weighted by Gasteiger charge is -2.39. The first-order chi connectivity index (χ1) is 17.2. The predicted octanol–water partition coefficient (Wildman–Crippen LogP) is 7.81. The van der Waals surface area contributed by atoms with Crippen LogP contribution in [-0.2, 0) is 0 Å². The summed E-state index contributed by atoms with van der Waals surface area (Å²) in [5, 5.41) is 0. The largest absolute Gasteiger partial charge is 0.302 e. The van der Waals surface area contributed by atoms with Crippen molar-refractivity contribution in [3.05, 3.63) is 65.3 Å². The zero-order valence-corrected chi connectivity index (χ0v) is 23.8. The zero-order valence-electron chi connectivity index (χ0n) is 22.9. The molecule has 1 aliphatic heterocycles. The van der Waals surface area contributed by atoms with Crippen molar-refractivity contribution in [2.45, 2.75) is 78.2 Å². The third-order valence-electron chi connectivity index (χ3n) is 8.46. The molecule has 1 aromatic carbocycles. The van der Waals surface area contributed by atoms with E-state index in [1.807, 2.05) is 0 Å². The van der Waals surface area contributed by atoms with Gasteiger partial charge in [-0.25, -0.2) is 0 Å². The van der Waals surface area contributed by atoms with Crippen LogP contribution in [0, 0.1) is 18.8 Å². The maximum atomic E-state index is 3.53. The fraction of sp³-hybridized carbons (Fsp3) is 0.625. The maximum Gasteiger partial charge on any atom is 0.0382 e. The molecule has 2 atom stereocenters. The SMILES string of the molecule is CCN(CCN1CCCCC1)C1C=CC=CC1/C(C)=C(/c1ccccc1C)C1CCCCC1.CS. The van der Waals surface area contributed by atoms with Crippen molar-refractivity contribution in [2.75, 3.05) is 39.0 Å². The lowest BCUT2D eigenvalue weighted by Crippen LogP contribution is -2.45. The summed E-state index contributed by atoms with van der Waals surface area (Å²) < 4.78 is 0. The summed E-state index contributed by atoms with van der Waals surface area (Å²) >= 11 is 3.53. The third-order valence-corrected chi connectivity index (χ3v) is 8.46. The average molecular weight is 495 g/mol. The summed E-state index contributed by atoms with van der Waals surface area (Å²) in [4.78, 5) is 5.42. The summed E-state index contributed by atoms with van der Waals surface area (Å²) in [6.07, 6.45) is 22.3. The smallest absolute Gasteiger partial charge is 0.0382 e. The van der Waals surface area contributed by atoms with E-state index in [-0.39, 0.29) is 0 Å². The van der Waals surface area contributed by atoms with Gasteiger partial charge >= 0.3 is 0 Å². The van der Waals surface area contributed by atoms with Crippen molar-refractivity contribution >= 4 is 18.2 Å². The van der Waals surface area contributed by atoms with Crippen LogP contribution < -0.4 is 0 Å². The minimum Gasteiger partial charge on any atom is -0.302 e. The number of benzene rings is 1. The topological polar surface area (TPSA) is 6.48 Å². The summed E-state index contributed by atoms with van der Waals surface area (Å²) in [6.45, 7) is 13.2. The predicted molar refractivity (Wildman–Crippen MR) is 158 cm³/mol. The van der Waals surface area contributed by atoms with Crippen molar-refractivity contribution in [1.82, 2.24) is 9.80 Å². The summed E-state index contributed by atoms with van der Waals surface area (Å²) in [5.41, 5.74) is 6.20. The number of likely N-dealkylation sites (tertiary alicyclic amines) is 1. The Morgan fingerprint density at radius 1 is 0.943 bits per heavy atom. The second-order valence-electron chi connectivity index (χ2n) is 10.6. The maximum absolute atomic E-state index is 3.53. The van der Waals surface area contributed by atoms with E-state index in [9.17, 15) is 0 Å². The van der Waals surface area contributed by atoms with Crippen LogP contribution >= 0.6 is 12.6 Å². The van der Waals surface area contributed by atoms with Crippen LogP contribution in [0.25, 0.3) is 5.57 Å². The highest BCUT2D eigenvalue weighted by molar-refractivity contribution is 7.79. The first kappa shape index (κ1) is 28.3. The van der Waals surface area contributed by atoms with Crippen LogP contribution in [0.2, 0.25) is 0 Å². The number of aryl methyl sites for hydroxylation is 1. The first-order valence-corrected chi connectivity index (χ1v) is 15.1. The summed E-state index contributed by atoms with van der Waals surface area (Å²) in [5.74, 6) is 1.18. The van der Waals surface area contributed by atoms with E-state index in [0.29, 0.717) is 17.9 Å². The Labute approximate surface area is 222 Å². The Kier molecular flexibility index (Phi) is 12.2. The number of rotatable bonds is 8. The molecule has 4 rings (SSSR count). The van der Waals surface area contributed by atoms with Crippen molar-refractivity contribution in [3.8, 4) is 0 Å². The summed E-state index contributed by atoms with van der Waals surface area (Å²) in [6, 6.07) is 9.58. The molecule has 3 aliphatic rings. The van der Waals surface area contributed by atoms with Crippen molar-refractivity contribution < 1.29 is 0 Å². The van der Waals surface area contributed by atoms with Crippen molar-refractivity contribution in [2.24, 2.45) is 11.8 Å². The molecule has 0 N–H and O–H groups in total. The molecule has 0 aromatic heterocycles. The number of hydrogen-bond donors (Lipinski definition) is 1. The molecule has 1 aromatic rings. The highest BCUT2D eigenvalue weighted by Crippen LogP contribution is 2.42. The van der Waals surface area contributed by atoms with Gasteiger partial charge in [0.25, 0.3) is 0 Å². The van der Waals surface area contributed by atoms with E-state index in [1.54, 1.807) is 17.4 Å². The van der Waals surface area contributed by atoms with Gasteiger partial charge in [0.1, 0.15) is 0 Å². The van der Waals surface area contributed by atoms with E-state index in [4.69, 9.17) is 0 Å². The van der Waals surface area contributed by atoms with Gasteiger partial charge in [0.2, 0.25) is 0 Å². The van der Waals surface area contributed by atoms with Gasteiger partial charge in [-0.1, -0.05) is 86.7 Å². The molecule has 35 heavy (non-hydrogen) atoms. The summed E-state index contributed by atoms with van der Waals surface area (Å²) in [7, 11) is 0. The Balaban J connectivity index is 0.00000167. The van der Waals surface area contributed by atoms with Crippen LogP contribution in [0.4, 0.5) is 0 Å². The van der Waals surface area contributed by atoms with Gasteiger partial charge in [-0.2, -0.15) is 12.6 Å². The number of thiol groups is 1. The lowest BCUT2D eigenvalue weighted by atomic mass is 9.74. The Morgan fingerprint density at radius 3 is 2.29 bits per heavy atom. The fourth-order valence-electron chi connectivity index (χ4n) is 6.52. The van der Waals surface area contributed by atoms with Crippen LogP contribution in [0.3, 0.4) is 0 Å². The number of nitrogens with zero attached hydrogens (tertiary/aromatic N) is 2. The van der Waals surface area contributed by atoms with E-state index in [1.165, 1.54) is 88.7 Å². The van der Waals surface area contributed by atoms with Crippen LogP contribution in [0.15, 0.2) is 54.1 Å². The van der Waals surface area contributed by atoms with Gasteiger partial charge in [0.05, 0.1) is 0 Å². The van der Waals surface area contributed by atoms with Crippen LogP contribution in [0.1, 0.15) is 76.3 Å². The molecule has 194 valence electrons. The van der Waals surface area contributed by atoms with Crippen LogP contribution in [-0.4, -0.2) is 54.8 Å². The highest BCUT2D eigenvalue weighted by atomic mass is 32.1. The van der Waals surface area contributed by atoms with Gasteiger partial charge in [0, 0.05) is 25.0 Å². The molecular weight excluding hydrogens is 444 g/mol. The monoisotopic (exact) mass is 494 g/mol. The van der Waals surface area contributed by atoms with Gasteiger partial charge < -0.3 is 4.90 Å². The van der Waals surface area contributed by atoms with Gasteiger partial charge in [-0.3, -0.25) is 4.90 Å². The van der Waals surface area contributed by atoms with Crippen LogP contribution in [0.5, 0.6) is 0 Å². The van der Waals surface area contributed by atoms with Gasteiger partial charge in [0.15, 0.2) is 0 Å². The number of allylic oxidation sites excluding steroid dienone is 3. The average Bonchev–Trinajstić information content (AvgIpc) is 2.93. The Morgan fingerprint density at radius 2 is 1.60 bits per heavy atom. The molecular formula is C32H50N2S. The minimum atomic E-state index is 0.465. The van der Waals surface area contributed by atoms with Crippen molar-refractivity contribution in [1.29, 1.82) is 0 Å². The molecule has 2 aliphatic carbocycles. The number of hydrogen-bond acceptors (Lipinski definition) is 3. The van der Waals surface area contributed by atoms with E-state index in [2.05, 4.69) is 91.8 Å². The third kappa shape index (κ3) is 7.60. The Hall–Kier alpha value is -1.29. The molecule has 0 spiro atoms. The van der Waals surface area contributed by atoms with E-state index in [0.717, 1.165) is 6.54 Å². The Bertz CT molecular complexity index is 843. The van der Waals surface area contributed by atoms with E-state index < -0.39 is 0 Å². The fourth-order valence-corrected chi connectivity index (χ4v) is 6.52. The quantitative estimate of drug-likeness (QED) is 0.368. The lowest BCUT2D eigenvalue weighted by molar-refractivity contribution is 0.157. The first-order valence-electron chi connectivity index (χ1n) is 14.2. The molecule has 0 bridgehead atoms. The molecule has 3 heteroatoms. The normalized spacial score (nSPS) is 24.2.